The third-order valence-electron chi connectivity index (χ3n) is 5.43. The van der Waals surface area contributed by atoms with Gasteiger partial charge >= 0.3 is 0 Å². The molecule has 4 aromatic rings. The number of halogens is 2. The number of thiazole rings is 1. The molecule has 0 atom stereocenters. The third kappa shape index (κ3) is 4.76. The van der Waals surface area contributed by atoms with Crippen LogP contribution in [0.25, 0.3) is 22.4 Å². The fourth-order valence-electron chi connectivity index (χ4n) is 3.78. The molecule has 1 aliphatic heterocycles. The molecule has 1 fully saturated rings. The lowest BCUT2D eigenvalue weighted by atomic mass is 10.1. The number of H-pyrrole nitrogens is 1. The molecule has 0 unspecified atom stereocenters. The van der Waals surface area contributed by atoms with Crippen LogP contribution in [0.4, 0.5) is 13.9 Å². The first-order valence-corrected chi connectivity index (χ1v) is 11.6. The number of carbonyl (C=O) groups is 1. The second kappa shape index (κ2) is 9.84. The largest absolute Gasteiger partial charge is 0.488 e. The number of hydrogen-bond donors (Lipinski definition) is 2. The minimum Gasteiger partial charge on any atom is -0.488 e. The number of benzene rings is 2. The summed E-state index contributed by atoms with van der Waals surface area (Å²) in [7, 11) is 0. The number of imidazole rings is 1. The molecular formula is C23H21F2N5O3S. The SMILES string of the molecule is O=C(Nc1nccs1)c1cccc2[nH]c(-c3cc(F)cc(F)c3OCCN3CCOCC3)nc12. The minimum atomic E-state index is -0.820. The van der Waals surface area contributed by atoms with Crippen LogP contribution in [-0.2, 0) is 4.74 Å². The number of morpholine rings is 1. The van der Waals surface area contributed by atoms with Gasteiger partial charge in [0.1, 0.15) is 23.8 Å². The van der Waals surface area contributed by atoms with Crippen molar-refractivity contribution in [3.05, 3.63) is 59.1 Å². The van der Waals surface area contributed by atoms with E-state index < -0.39 is 11.6 Å². The van der Waals surface area contributed by atoms with Crippen LogP contribution in [-0.4, -0.2) is 65.2 Å². The normalized spacial score (nSPS) is 14.4. The van der Waals surface area contributed by atoms with E-state index in [-0.39, 0.29) is 29.7 Å². The van der Waals surface area contributed by atoms with Crippen LogP contribution in [0.3, 0.4) is 0 Å². The number of fused-ring (bicyclic) bond motifs is 1. The number of aromatic nitrogens is 3. The molecule has 34 heavy (non-hydrogen) atoms. The van der Waals surface area contributed by atoms with Gasteiger partial charge in [0.15, 0.2) is 16.7 Å². The minimum absolute atomic E-state index is 0.0949. The molecule has 0 aliphatic carbocycles. The third-order valence-corrected chi connectivity index (χ3v) is 6.12. The highest BCUT2D eigenvalue weighted by Crippen LogP contribution is 2.34. The molecule has 1 aliphatic rings. The van der Waals surface area contributed by atoms with Gasteiger partial charge in [0.25, 0.3) is 5.91 Å². The quantitative estimate of drug-likeness (QED) is 0.412. The van der Waals surface area contributed by atoms with Crippen molar-refractivity contribution in [2.75, 3.05) is 44.8 Å². The average molecular weight is 486 g/mol. The summed E-state index contributed by atoms with van der Waals surface area (Å²) in [6, 6.07) is 7.01. The number of carbonyl (C=O) groups excluding carboxylic acids is 1. The van der Waals surface area contributed by atoms with Crippen molar-refractivity contribution in [3.8, 4) is 17.1 Å². The van der Waals surface area contributed by atoms with E-state index in [9.17, 15) is 13.6 Å². The number of rotatable bonds is 7. The number of hydrogen-bond acceptors (Lipinski definition) is 7. The monoisotopic (exact) mass is 485 g/mol. The van der Waals surface area contributed by atoms with Crippen molar-refractivity contribution in [1.29, 1.82) is 0 Å². The summed E-state index contributed by atoms with van der Waals surface area (Å²) in [5.74, 6) is -1.85. The van der Waals surface area contributed by atoms with Gasteiger partial charge in [0.2, 0.25) is 0 Å². The number of para-hydroxylation sites is 1. The maximum absolute atomic E-state index is 14.7. The number of aromatic amines is 1. The molecule has 0 radical (unpaired) electrons. The van der Waals surface area contributed by atoms with Gasteiger partial charge in [-0.05, 0) is 18.2 Å². The lowest BCUT2D eigenvalue weighted by Gasteiger charge is -2.26. The van der Waals surface area contributed by atoms with Gasteiger partial charge in [-0.1, -0.05) is 6.07 Å². The van der Waals surface area contributed by atoms with Gasteiger partial charge in [-0.2, -0.15) is 0 Å². The Balaban J connectivity index is 1.44. The van der Waals surface area contributed by atoms with E-state index in [4.69, 9.17) is 9.47 Å². The van der Waals surface area contributed by atoms with E-state index in [1.54, 1.807) is 29.8 Å². The topological polar surface area (TPSA) is 92.4 Å². The van der Waals surface area contributed by atoms with Crippen molar-refractivity contribution >= 4 is 33.4 Å². The molecule has 0 spiro atoms. The highest BCUT2D eigenvalue weighted by Gasteiger charge is 2.21. The Morgan fingerprint density at radius 3 is 2.91 bits per heavy atom. The van der Waals surface area contributed by atoms with Gasteiger partial charge in [-0.3, -0.25) is 15.0 Å². The number of amides is 1. The summed E-state index contributed by atoms with van der Waals surface area (Å²) in [5, 5.41) is 4.94. The number of nitrogens with one attached hydrogen (secondary N) is 2. The molecule has 2 aromatic heterocycles. The molecular weight excluding hydrogens is 464 g/mol. The van der Waals surface area contributed by atoms with Gasteiger partial charge in [0.05, 0.1) is 29.9 Å². The standard InChI is InChI=1S/C23H21F2N5O3S/c24-14-12-16(20(17(25)13-14)33-10-7-30-5-8-32-9-6-30)21-27-18-3-1-2-15(19(18)28-21)22(31)29-23-26-4-11-34-23/h1-4,11-13H,5-10H2,(H,27,28)(H,26,29,31). The molecule has 2 N–H and O–H groups in total. The number of nitrogens with zero attached hydrogens (tertiary/aromatic N) is 3. The Morgan fingerprint density at radius 1 is 1.26 bits per heavy atom. The first kappa shape index (κ1) is 22.4. The van der Waals surface area contributed by atoms with Crippen LogP contribution in [0.5, 0.6) is 5.75 Å². The fraction of sp³-hybridized carbons (Fsp3) is 0.261. The molecule has 176 valence electrons. The summed E-state index contributed by atoms with van der Waals surface area (Å²) in [4.78, 5) is 26.5. The Bertz CT molecular complexity index is 1310. The second-order valence-corrected chi connectivity index (χ2v) is 8.54. The summed E-state index contributed by atoms with van der Waals surface area (Å²) < 4.78 is 40.0. The summed E-state index contributed by atoms with van der Waals surface area (Å²) in [6.07, 6.45) is 1.59. The van der Waals surface area contributed by atoms with Crippen LogP contribution >= 0.6 is 11.3 Å². The van der Waals surface area contributed by atoms with Crippen LogP contribution in [0.1, 0.15) is 10.4 Å². The summed E-state index contributed by atoms with van der Waals surface area (Å²) in [6.45, 7) is 3.65. The van der Waals surface area contributed by atoms with E-state index in [0.29, 0.717) is 41.5 Å². The highest BCUT2D eigenvalue weighted by atomic mass is 32.1. The molecule has 0 bridgehead atoms. The number of ether oxygens (including phenoxy) is 2. The Labute approximate surface area is 197 Å². The molecule has 8 nitrogen and oxygen atoms in total. The van der Waals surface area contributed by atoms with Crippen LogP contribution in [0.2, 0.25) is 0 Å². The molecule has 0 saturated carbocycles. The zero-order valence-corrected chi connectivity index (χ0v) is 18.8. The van der Waals surface area contributed by atoms with Crippen molar-refractivity contribution < 1.29 is 23.0 Å². The lowest BCUT2D eigenvalue weighted by molar-refractivity contribution is 0.0320. The van der Waals surface area contributed by atoms with Gasteiger partial charge < -0.3 is 14.5 Å². The van der Waals surface area contributed by atoms with Gasteiger partial charge in [-0.25, -0.2) is 18.7 Å². The molecule has 11 heteroatoms. The fourth-order valence-corrected chi connectivity index (χ4v) is 4.30. The predicted octanol–water partition coefficient (Wildman–Crippen LogP) is 3.93. The van der Waals surface area contributed by atoms with Crippen LogP contribution in [0, 0.1) is 11.6 Å². The van der Waals surface area contributed by atoms with E-state index >= 15 is 0 Å². The van der Waals surface area contributed by atoms with E-state index in [2.05, 4.69) is 25.2 Å². The van der Waals surface area contributed by atoms with Crippen molar-refractivity contribution in [1.82, 2.24) is 19.9 Å². The maximum Gasteiger partial charge on any atom is 0.259 e. The first-order chi connectivity index (χ1) is 16.6. The molecule has 5 rings (SSSR count). The lowest BCUT2D eigenvalue weighted by Crippen LogP contribution is -2.38. The van der Waals surface area contributed by atoms with Gasteiger partial charge in [-0.15, -0.1) is 11.3 Å². The van der Waals surface area contributed by atoms with E-state index in [1.165, 1.54) is 17.4 Å². The Kier molecular flexibility index (Phi) is 6.48. The second-order valence-electron chi connectivity index (χ2n) is 7.65. The van der Waals surface area contributed by atoms with Crippen LogP contribution < -0.4 is 10.1 Å². The predicted molar refractivity (Wildman–Crippen MR) is 124 cm³/mol. The van der Waals surface area contributed by atoms with E-state index in [0.717, 1.165) is 19.2 Å². The molecule has 1 amide bonds. The average Bonchev–Trinajstić information content (AvgIpc) is 3.50. The Hall–Kier alpha value is -3.41. The maximum atomic E-state index is 14.7. The molecule has 1 saturated heterocycles. The smallest absolute Gasteiger partial charge is 0.259 e. The summed E-state index contributed by atoms with van der Waals surface area (Å²) >= 11 is 1.29. The summed E-state index contributed by atoms with van der Waals surface area (Å²) in [5.41, 5.74) is 1.37. The zero-order valence-electron chi connectivity index (χ0n) is 18.0. The van der Waals surface area contributed by atoms with Crippen LogP contribution in [0.15, 0.2) is 41.9 Å². The Morgan fingerprint density at radius 2 is 2.12 bits per heavy atom. The van der Waals surface area contributed by atoms with Crippen molar-refractivity contribution in [2.45, 2.75) is 0 Å². The van der Waals surface area contributed by atoms with Gasteiger partial charge in [0, 0.05) is 37.3 Å². The molecule has 3 heterocycles. The first-order valence-electron chi connectivity index (χ1n) is 10.7. The highest BCUT2D eigenvalue weighted by molar-refractivity contribution is 7.13. The van der Waals surface area contributed by atoms with Crippen molar-refractivity contribution in [3.63, 3.8) is 0 Å². The van der Waals surface area contributed by atoms with E-state index in [1.807, 2.05) is 0 Å². The zero-order chi connectivity index (χ0) is 23.5. The van der Waals surface area contributed by atoms with Crippen molar-refractivity contribution in [2.24, 2.45) is 0 Å². The number of anilines is 1. The molecule has 2 aromatic carbocycles.